The molecule has 70 valence electrons. The topological polar surface area (TPSA) is 17.1 Å². The van der Waals surface area contributed by atoms with Gasteiger partial charge in [0.25, 0.3) is 0 Å². The maximum atomic E-state index is 11.9. The Labute approximate surface area is 82.8 Å². The zero-order chi connectivity index (χ0) is 9.26. The van der Waals surface area contributed by atoms with E-state index in [-0.39, 0.29) is 0 Å². The van der Waals surface area contributed by atoms with E-state index in [1.54, 1.807) is 11.3 Å². The van der Waals surface area contributed by atoms with E-state index in [4.69, 9.17) is 0 Å². The van der Waals surface area contributed by atoms with Crippen LogP contribution in [0.5, 0.6) is 0 Å². The molecule has 0 spiro atoms. The average molecular weight is 194 g/mol. The number of carbonyl (C=O) groups excluding carboxylic acids is 1. The number of ketones is 1. The number of rotatable bonds is 2. The molecular weight excluding hydrogens is 180 g/mol. The highest BCUT2D eigenvalue weighted by Gasteiger charge is 2.28. The van der Waals surface area contributed by atoms with Crippen molar-refractivity contribution in [3.05, 3.63) is 22.4 Å². The van der Waals surface area contributed by atoms with Gasteiger partial charge in [0.15, 0.2) is 5.78 Å². The first kappa shape index (κ1) is 8.95. The Kier molecular flexibility index (Phi) is 2.49. The third-order valence-electron chi connectivity index (χ3n) is 2.83. The van der Waals surface area contributed by atoms with Crippen LogP contribution in [0.3, 0.4) is 0 Å². The lowest BCUT2D eigenvalue weighted by Gasteiger charge is -2.05. The van der Waals surface area contributed by atoms with Crippen molar-refractivity contribution in [2.24, 2.45) is 11.8 Å². The van der Waals surface area contributed by atoms with Gasteiger partial charge in [-0.2, -0.15) is 0 Å². The number of thiophene rings is 1. The minimum Gasteiger partial charge on any atom is -0.293 e. The van der Waals surface area contributed by atoms with Gasteiger partial charge in [-0.3, -0.25) is 4.79 Å². The van der Waals surface area contributed by atoms with E-state index in [9.17, 15) is 4.79 Å². The lowest BCUT2D eigenvalue weighted by atomic mass is 10.0. The molecule has 0 amide bonds. The molecule has 0 aromatic carbocycles. The second kappa shape index (κ2) is 3.62. The van der Waals surface area contributed by atoms with Gasteiger partial charge in [0.2, 0.25) is 0 Å². The van der Waals surface area contributed by atoms with Gasteiger partial charge in [-0.05, 0) is 36.6 Å². The first-order valence-corrected chi connectivity index (χ1v) is 5.73. The summed E-state index contributed by atoms with van der Waals surface area (Å²) in [5.74, 6) is 1.43. The van der Waals surface area contributed by atoms with Crippen molar-refractivity contribution in [3.63, 3.8) is 0 Å². The zero-order valence-electron chi connectivity index (χ0n) is 7.82. The molecule has 2 rings (SSSR count). The van der Waals surface area contributed by atoms with Crippen molar-refractivity contribution in [2.75, 3.05) is 0 Å². The van der Waals surface area contributed by atoms with E-state index in [2.05, 4.69) is 6.92 Å². The summed E-state index contributed by atoms with van der Waals surface area (Å²) < 4.78 is 0. The van der Waals surface area contributed by atoms with E-state index in [1.165, 1.54) is 6.42 Å². The maximum absolute atomic E-state index is 11.9. The van der Waals surface area contributed by atoms with E-state index < -0.39 is 0 Å². The van der Waals surface area contributed by atoms with Gasteiger partial charge in [-0.15, -0.1) is 11.3 Å². The van der Waals surface area contributed by atoms with E-state index in [1.807, 2.05) is 17.5 Å². The van der Waals surface area contributed by atoms with E-state index in [0.29, 0.717) is 11.7 Å². The van der Waals surface area contributed by atoms with Crippen LogP contribution in [0.1, 0.15) is 35.9 Å². The van der Waals surface area contributed by atoms with Gasteiger partial charge in [0, 0.05) is 5.92 Å². The molecule has 1 aliphatic rings. The fourth-order valence-corrected chi connectivity index (χ4v) is 2.81. The third kappa shape index (κ3) is 1.83. The molecule has 0 bridgehead atoms. The molecule has 1 nitrogen and oxygen atoms in total. The molecule has 1 aromatic heterocycles. The number of hydrogen-bond donors (Lipinski definition) is 0. The van der Waals surface area contributed by atoms with Crippen molar-refractivity contribution >= 4 is 17.1 Å². The Balaban J connectivity index is 2.06. The maximum Gasteiger partial charge on any atom is 0.175 e. The number of hydrogen-bond acceptors (Lipinski definition) is 2. The van der Waals surface area contributed by atoms with Gasteiger partial charge in [-0.1, -0.05) is 13.0 Å². The van der Waals surface area contributed by atoms with Crippen molar-refractivity contribution in [1.29, 1.82) is 0 Å². The van der Waals surface area contributed by atoms with Crippen molar-refractivity contribution in [1.82, 2.24) is 0 Å². The van der Waals surface area contributed by atoms with Crippen LogP contribution in [0, 0.1) is 11.8 Å². The molecule has 1 aromatic rings. The molecule has 0 saturated heterocycles. The van der Waals surface area contributed by atoms with E-state index in [0.717, 1.165) is 23.6 Å². The molecule has 0 radical (unpaired) electrons. The minimum absolute atomic E-state index is 0.314. The summed E-state index contributed by atoms with van der Waals surface area (Å²) in [5.41, 5.74) is 0. The molecule has 0 aliphatic heterocycles. The summed E-state index contributed by atoms with van der Waals surface area (Å²) in [6, 6.07) is 3.90. The average Bonchev–Trinajstić information content (AvgIpc) is 2.72. The molecule has 1 saturated carbocycles. The summed E-state index contributed by atoms with van der Waals surface area (Å²) >= 11 is 1.57. The third-order valence-corrected chi connectivity index (χ3v) is 3.71. The highest BCUT2D eigenvalue weighted by atomic mass is 32.1. The highest BCUT2D eigenvalue weighted by Crippen LogP contribution is 2.33. The van der Waals surface area contributed by atoms with Crippen LogP contribution in [0.4, 0.5) is 0 Å². The Morgan fingerprint density at radius 1 is 1.54 bits per heavy atom. The van der Waals surface area contributed by atoms with Crippen LogP contribution >= 0.6 is 11.3 Å². The quantitative estimate of drug-likeness (QED) is 0.660. The molecule has 1 aliphatic carbocycles. The van der Waals surface area contributed by atoms with Gasteiger partial charge >= 0.3 is 0 Å². The number of Topliss-reactive ketones (excluding diaryl/α,β-unsaturated/α-hetero) is 1. The Bertz CT molecular complexity index is 289. The van der Waals surface area contributed by atoms with Crippen LogP contribution in [0.15, 0.2) is 17.5 Å². The molecule has 2 heteroatoms. The summed E-state index contributed by atoms with van der Waals surface area (Å²) in [7, 11) is 0. The lowest BCUT2D eigenvalue weighted by molar-refractivity contribution is 0.0924. The minimum atomic E-state index is 0.314. The highest BCUT2D eigenvalue weighted by molar-refractivity contribution is 7.12. The summed E-state index contributed by atoms with van der Waals surface area (Å²) in [4.78, 5) is 12.8. The summed E-state index contributed by atoms with van der Waals surface area (Å²) in [6.07, 6.45) is 3.41. The monoisotopic (exact) mass is 194 g/mol. The largest absolute Gasteiger partial charge is 0.293 e. The Morgan fingerprint density at radius 3 is 2.92 bits per heavy atom. The second-order valence-electron chi connectivity index (χ2n) is 3.96. The molecule has 2 unspecified atom stereocenters. The van der Waals surface area contributed by atoms with Gasteiger partial charge in [-0.25, -0.2) is 0 Å². The second-order valence-corrected chi connectivity index (χ2v) is 4.90. The van der Waals surface area contributed by atoms with Gasteiger partial charge < -0.3 is 0 Å². The van der Waals surface area contributed by atoms with Crippen molar-refractivity contribution < 1.29 is 4.79 Å². The van der Waals surface area contributed by atoms with Crippen LogP contribution in [0.2, 0.25) is 0 Å². The van der Waals surface area contributed by atoms with Crippen molar-refractivity contribution in [2.45, 2.75) is 26.2 Å². The van der Waals surface area contributed by atoms with Gasteiger partial charge in [0.05, 0.1) is 4.88 Å². The molecular formula is C11H14OS. The van der Waals surface area contributed by atoms with Crippen LogP contribution < -0.4 is 0 Å². The molecule has 1 fully saturated rings. The normalized spacial score (nSPS) is 27.8. The standard InChI is InChI=1S/C11H14OS/c1-8-4-5-9(7-8)11(12)10-3-2-6-13-10/h2-3,6,8-9H,4-5,7H2,1H3. The number of carbonyl (C=O) groups is 1. The summed E-state index contributed by atoms with van der Waals surface area (Å²) in [6.45, 7) is 2.24. The zero-order valence-corrected chi connectivity index (χ0v) is 8.64. The Morgan fingerprint density at radius 2 is 2.38 bits per heavy atom. The molecule has 1 heterocycles. The fraction of sp³-hybridized carbons (Fsp3) is 0.545. The van der Waals surface area contributed by atoms with Crippen LogP contribution in [0.25, 0.3) is 0 Å². The molecule has 13 heavy (non-hydrogen) atoms. The predicted octanol–water partition coefficient (Wildman–Crippen LogP) is 3.37. The first-order valence-electron chi connectivity index (χ1n) is 4.85. The first-order chi connectivity index (χ1) is 6.27. The van der Waals surface area contributed by atoms with E-state index >= 15 is 0 Å². The smallest absolute Gasteiger partial charge is 0.175 e. The van der Waals surface area contributed by atoms with Crippen molar-refractivity contribution in [3.8, 4) is 0 Å². The Hall–Kier alpha value is -0.630. The SMILES string of the molecule is CC1CCC(C(=O)c2cccs2)C1. The summed E-state index contributed by atoms with van der Waals surface area (Å²) in [5, 5.41) is 1.98. The van der Waals surface area contributed by atoms with Crippen LogP contribution in [-0.2, 0) is 0 Å². The molecule has 0 N–H and O–H groups in total. The molecule has 2 atom stereocenters. The lowest BCUT2D eigenvalue weighted by Crippen LogP contribution is -2.09. The fourth-order valence-electron chi connectivity index (χ4n) is 2.07. The van der Waals surface area contributed by atoms with Gasteiger partial charge in [0.1, 0.15) is 0 Å². The predicted molar refractivity (Wildman–Crippen MR) is 55.2 cm³/mol. The van der Waals surface area contributed by atoms with Crippen LogP contribution in [-0.4, -0.2) is 5.78 Å².